The molecule has 2 nitrogen and oxygen atoms in total. The van der Waals surface area contributed by atoms with Crippen molar-refractivity contribution in [1.82, 2.24) is 5.01 Å². The molecule has 3 aliphatic rings. The Morgan fingerprint density at radius 1 is 0.941 bits per heavy atom. The molecule has 1 saturated heterocycles. The fourth-order valence-corrected chi connectivity index (χ4v) is 2.75. The van der Waals surface area contributed by atoms with Crippen LogP contribution in [0.15, 0.2) is 54.3 Å². The van der Waals surface area contributed by atoms with E-state index in [0.29, 0.717) is 0 Å². The highest BCUT2D eigenvalue weighted by Crippen LogP contribution is 2.45. The summed E-state index contributed by atoms with van der Waals surface area (Å²) in [7, 11) is 0. The zero-order valence-electron chi connectivity index (χ0n) is 9.79. The lowest BCUT2D eigenvalue weighted by Gasteiger charge is -2.48. The van der Waals surface area contributed by atoms with E-state index >= 15 is 0 Å². The summed E-state index contributed by atoms with van der Waals surface area (Å²) in [6, 6.07) is 10.6. The van der Waals surface area contributed by atoms with Crippen LogP contribution < -0.4 is 5.01 Å². The summed E-state index contributed by atoms with van der Waals surface area (Å²) in [4.78, 5) is 0. The Balaban J connectivity index is 1.58. The number of hydrazine groups is 1. The second kappa shape index (κ2) is 3.39. The molecular formula is C15H16N2. The third-order valence-electron chi connectivity index (χ3n) is 3.96. The van der Waals surface area contributed by atoms with Crippen molar-refractivity contribution in [2.45, 2.75) is 6.42 Å². The van der Waals surface area contributed by atoms with Crippen molar-refractivity contribution in [2.75, 3.05) is 18.1 Å². The van der Waals surface area contributed by atoms with Gasteiger partial charge in [0.05, 0.1) is 24.5 Å². The molecule has 2 atom stereocenters. The zero-order chi connectivity index (χ0) is 11.2. The highest BCUT2D eigenvalue weighted by atomic mass is 15.7. The predicted octanol–water partition coefficient (Wildman–Crippen LogP) is 2.81. The lowest BCUT2D eigenvalue weighted by atomic mass is 10.1. The average Bonchev–Trinajstić information content (AvgIpc) is 3.07. The van der Waals surface area contributed by atoms with Gasteiger partial charge in [-0.15, -0.1) is 0 Å². The van der Waals surface area contributed by atoms with Gasteiger partial charge in [0, 0.05) is 0 Å². The molecule has 0 aromatic heterocycles. The number of nitrogens with zero attached hydrogens (tertiary/aromatic N) is 2. The third kappa shape index (κ3) is 1.47. The molecule has 1 saturated carbocycles. The molecule has 2 aliphatic carbocycles. The number of benzene rings is 1. The zero-order valence-corrected chi connectivity index (χ0v) is 9.79. The fourth-order valence-electron chi connectivity index (χ4n) is 2.75. The Morgan fingerprint density at radius 2 is 1.76 bits per heavy atom. The maximum absolute atomic E-state index is 2.44. The summed E-state index contributed by atoms with van der Waals surface area (Å²) in [5.74, 6) is 1.68. The topological polar surface area (TPSA) is 6.48 Å². The van der Waals surface area contributed by atoms with E-state index < -0.39 is 0 Å². The SMILES string of the molecule is C1=CC2CC2C=C1N1CCN1c1ccccc1. The molecule has 1 aromatic rings. The van der Waals surface area contributed by atoms with Gasteiger partial charge in [-0.05, 0) is 36.5 Å². The number of fused-ring (bicyclic) bond motifs is 1. The number of para-hydroxylation sites is 1. The molecule has 2 heteroatoms. The number of rotatable bonds is 2. The molecular weight excluding hydrogens is 208 g/mol. The summed E-state index contributed by atoms with van der Waals surface area (Å²) < 4.78 is 0. The number of hydrogen-bond acceptors (Lipinski definition) is 2. The van der Waals surface area contributed by atoms with Gasteiger partial charge in [0.25, 0.3) is 0 Å². The summed E-state index contributed by atoms with van der Waals surface area (Å²) in [6.45, 7) is 2.27. The van der Waals surface area contributed by atoms with Crippen LogP contribution in [0.25, 0.3) is 0 Å². The van der Waals surface area contributed by atoms with Crippen LogP contribution in [0, 0.1) is 11.8 Å². The van der Waals surface area contributed by atoms with Gasteiger partial charge in [-0.1, -0.05) is 30.4 Å². The van der Waals surface area contributed by atoms with Crippen LogP contribution >= 0.6 is 0 Å². The van der Waals surface area contributed by atoms with E-state index in [1.807, 2.05) is 0 Å². The monoisotopic (exact) mass is 224 g/mol. The van der Waals surface area contributed by atoms with E-state index in [0.717, 1.165) is 24.9 Å². The molecule has 0 spiro atoms. The Labute approximate surface area is 102 Å². The van der Waals surface area contributed by atoms with Gasteiger partial charge < -0.3 is 0 Å². The number of allylic oxidation sites excluding steroid dienone is 3. The molecule has 86 valence electrons. The van der Waals surface area contributed by atoms with Crippen molar-refractivity contribution >= 4 is 5.69 Å². The Kier molecular flexibility index (Phi) is 1.87. The van der Waals surface area contributed by atoms with Gasteiger partial charge in [-0.3, -0.25) is 10.0 Å². The van der Waals surface area contributed by atoms with Crippen molar-refractivity contribution in [3.05, 3.63) is 54.3 Å². The first-order valence-corrected chi connectivity index (χ1v) is 6.42. The van der Waals surface area contributed by atoms with Gasteiger partial charge in [-0.25, -0.2) is 0 Å². The molecule has 0 bridgehead atoms. The van der Waals surface area contributed by atoms with E-state index in [-0.39, 0.29) is 0 Å². The molecule has 0 N–H and O–H groups in total. The van der Waals surface area contributed by atoms with E-state index in [9.17, 15) is 0 Å². The van der Waals surface area contributed by atoms with Gasteiger partial charge >= 0.3 is 0 Å². The standard InChI is InChI=1S/C15H16N2/c1-2-4-14(5-3-1)16-8-9-17(16)15-7-6-12-10-13(12)11-15/h1-7,11-13H,8-10H2. The highest BCUT2D eigenvalue weighted by Gasteiger charge is 2.37. The highest BCUT2D eigenvalue weighted by molar-refractivity contribution is 5.49. The molecule has 0 amide bonds. The normalized spacial score (nSPS) is 29.5. The minimum Gasteiger partial charge on any atom is -0.284 e. The molecule has 2 fully saturated rings. The van der Waals surface area contributed by atoms with E-state index in [4.69, 9.17) is 0 Å². The fraction of sp³-hybridized carbons (Fsp3) is 0.333. The first-order chi connectivity index (χ1) is 8.42. The van der Waals surface area contributed by atoms with E-state index in [1.165, 1.54) is 17.8 Å². The van der Waals surface area contributed by atoms with Crippen molar-refractivity contribution in [1.29, 1.82) is 0 Å². The van der Waals surface area contributed by atoms with Crippen molar-refractivity contribution in [3.63, 3.8) is 0 Å². The minimum absolute atomic E-state index is 0.827. The molecule has 17 heavy (non-hydrogen) atoms. The van der Waals surface area contributed by atoms with Crippen LogP contribution in [0.5, 0.6) is 0 Å². The molecule has 1 aromatic carbocycles. The second-order valence-electron chi connectivity index (χ2n) is 5.10. The molecule has 0 radical (unpaired) electrons. The largest absolute Gasteiger partial charge is 0.284 e. The minimum atomic E-state index is 0.827. The summed E-state index contributed by atoms with van der Waals surface area (Å²) in [5.41, 5.74) is 2.69. The van der Waals surface area contributed by atoms with Crippen LogP contribution in [0.3, 0.4) is 0 Å². The van der Waals surface area contributed by atoms with Crippen molar-refractivity contribution in [2.24, 2.45) is 11.8 Å². The number of hydrogen-bond donors (Lipinski definition) is 0. The first-order valence-electron chi connectivity index (χ1n) is 6.42. The third-order valence-corrected chi connectivity index (χ3v) is 3.96. The second-order valence-corrected chi connectivity index (χ2v) is 5.10. The van der Waals surface area contributed by atoms with E-state index in [1.54, 1.807) is 0 Å². The van der Waals surface area contributed by atoms with Crippen LogP contribution in [0.1, 0.15) is 6.42 Å². The smallest absolute Gasteiger partial charge is 0.0592 e. The average molecular weight is 224 g/mol. The summed E-state index contributed by atoms with van der Waals surface area (Å²) in [5, 5.41) is 4.75. The lowest BCUT2D eigenvalue weighted by molar-refractivity contribution is 0.233. The van der Waals surface area contributed by atoms with Gasteiger partial charge in [-0.2, -0.15) is 0 Å². The van der Waals surface area contributed by atoms with Crippen LogP contribution in [0.4, 0.5) is 5.69 Å². The Bertz CT molecular complexity index is 489. The molecule has 1 aliphatic heterocycles. The number of anilines is 1. The molecule has 2 unspecified atom stereocenters. The van der Waals surface area contributed by atoms with Gasteiger partial charge in [0.1, 0.15) is 0 Å². The molecule has 4 rings (SSSR count). The maximum atomic E-state index is 2.44. The summed E-state index contributed by atoms with van der Waals surface area (Å²) >= 11 is 0. The molecule has 1 heterocycles. The van der Waals surface area contributed by atoms with Crippen molar-refractivity contribution < 1.29 is 0 Å². The first kappa shape index (κ1) is 9.34. The van der Waals surface area contributed by atoms with E-state index in [2.05, 4.69) is 58.6 Å². The van der Waals surface area contributed by atoms with Gasteiger partial charge in [0.15, 0.2) is 0 Å². The summed E-state index contributed by atoms with van der Waals surface area (Å²) in [6.07, 6.45) is 8.48. The van der Waals surface area contributed by atoms with Crippen LogP contribution in [-0.2, 0) is 0 Å². The quantitative estimate of drug-likeness (QED) is 0.762. The van der Waals surface area contributed by atoms with Gasteiger partial charge in [0.2, 0.25) is 0 Å². The predicted molar refractivity (Wildman–Crippen MR) is 69.3 cm³/mol. The Hall–Kier alpha value is -1.70. The van der Waals surface area contributed by atoms with Crippen molar-refractivity contribution in [3.8, 4) is 0 Å². The van der Waals surface area contributed by atoms with Crippen LogP contribution in [-0.4, -0.2) is 18.1 Å². The Morgan fingerprint density at radius 3 is 2.47 bits per heavy atom. The maximum Gasteiger partial charge on any atom is 0.0592 e. The lowest BCUT2D eigenvalue weighted by Crippen LogP contribution is -2.56. The van der Waals surface area contributed by atoms with Crippen LogP contribution in [0.2, 0.25) is 0 Å².